The van der Waals surface area contributed by atoms with Gasteiger partial charge in [0.15, 0.2) is 0 Å². The SMILES string of the molecule is CCC(C)N(CC)S(=O)(=O)c1cnn(CC(=O)O)c1. The molecule has 1 rings (SSSR count). The number of carboxylic acid groups (broad SMARTS) is 1. The maximum absolute atomic E-state index is 12.4. The van der Waals surface area contributed by atoms with Crippen LogP contribution in [0.1, 0.15) is 27.2 Å². The molecule has 1 atom stereocenters. The van der Waals surface area contributed by atoms with Crippen molar-refractivity contribution in [3.63, 3.8) is 0 Å². The van der Waals surface area contributed by atoms with Gasteiger partial charge in [-0.05, 0) is 13.3 Å². The van der Waals surface area contributed by atoms with Gasteiger partial charge in [-0.15, -0.1) is 0 Å². The lowest BCUT2D eigenvalue weighted by Crippen LogP contribution is -2.37. The molecule has 1 heterocycles. The molecule has 7 nitrogen and oxygen atoms in total. The molecule has 0 spiro atoms. The van der Waals surface area contributed by atoms with Crippen LogP contribution in [0.3, 0.4) is 0 Å². The monoisotopic (exact) mass is 289 g/mol. The molecule has 0 aliphatic rings. The van der Waals surface area contributed by atoms with Crippen molar-refractivity contribution in [1.82, 2.24) is 14.1 Å². The highest BCUT2D eigenvalue weighted by atomic mass is 32.2. The molecule has 0 amide bonds. The largest absolute Gasteiger partial charge is 0.480 e. The fourth-order valence-corrected chi connectivity index (χ4v) is 3.43. The van der Waals surface area contributed by atoms with Gasteiger partial charge in [0.25, 0.3) is 0 Å². The molecule has 1 N–H and O–H groups in total. The molecule has 0 radical (unpaired) electrons. The number of nitrogens with zero attached hydrogens (tertiary/aromatic N) is 3. The number of aromatic nitrogens is 2. The van der Waals surface area contributed by atoms with E-state index in [1.54, 1.807) is 6.92 Å². The molecule has 1 unspecified atom stereocenters. The highest BCUT2D eigenvalue weighted by Crippen LogP contribution is 2.18. The smallest absolute Gasteiger partial charge is 0.325 e. The molecular formula is C11H19N3O4S. The third kappa shape index (κ3) is 3.54. The van der Waals surface area contributed by atoms with E-state index in [0.717, 1.165) is 4.68 Å². The first-order chi connectivity index (χ1) is 8.82. The summed E-state index contributed by atoms with van der Waals surface area (Å²) < 4.78 is 27.3. The average molecular weight is 289 g/mol. The van der Waals surface area contributed by atoms with Crippen LogP contribution in [0.25, 0.3) is 0 Å². The van der Waals surface area contributed by atoms with Crippen LogP contribution in [0, 0.1) is 0 Å². The van der Waals surface area contributed by atoms with E-state index in [1.165, 1.54) is 16.7 Å². The summed E-state index contributed by atoms with van der Waals surface area (Å²) in [5.41, 5.74) is 0. The summed E-state index contributed by atoms with van der Waals surface area (Å²) in [7, 11) is -3.62. The minimum Gasteiger partial charge on any atom is -0.480 e. The molecule has 1 aromatic rings. The van der Waals surface area contributed by atoms with Gasteiger partial charge in [0.1, 0.15) is 11.4 Å². The lowest BCUT2D eigenvalue weighted by molar-refractivity contribution is -0.137. The minimum absolute atomic E-state index is 0.0240. The van der Waals surface area contributed by atoms with Crippen molar-refractivity contribution in [3.8, 4) is 0 Å². The maximum atomic E-state index is 12.4. The molecule has 8 heteroatoms. The second-order valence-electron chi connectivity index (χ2n) is 4.23. The number of hydrogen-bond acceptors (Lipinski definition) is 4. The van der Waals surface area contributed by atoms with E-state index in [9.17, 15) is 13.2 Å². The maximum Gasteiger partial charge on any atom is 0.325 e. The molecule has 0 fully saturated rings. The first-order valence-corrected chi connectivity index (χ1v) is 7.53. The van der Waals surface area contributed by atoms with Gasteiger partial charge in [-0.1, -0.05) is 13.8 Å². The van der Waals surface area contributed by atoms with Gasteiger partial charge >= 0.3 is 5.97 Å². The van der Waals surface area contributed by atoms with E-state index in [2.05, 4.69) is 5.10 Å². The summed E-state index contributed by atoms with van der Waals surface area (Å²) >= 11 is 0. The Bertz CT molecular complexity index is 538. The second-order valence-corrected chi connectivity index (χ2v) is 6.12. The zero-order valence-electron chi connectivity index (χ0n) is 11.3. The van der Waals surface area contributed by atoms with Gasteiger partial charge in [0.2, 0.25) is 10.0 Å². The van der Waals surface area contributed by atoms with Gasteiger partial charge < -0.3 is 5.11 Å². The molecular weight excluding hydrogens is 270 g/mol. The molecule has 1 aromatic heterocycles. The van der Waals surface area contributed by atoms with Crippen molar-refractivity contribution in [3.05, 3.63) is 12.4 Å². The normalized spacial score (nSPS) is 13.7. The lowest BCUT2D eigenvalue weighted by atomic mass is 10.3. The first kappa shape index (κ1) is 15.6. The molecule has 19 heavy (non-hydrogen) atoms. The number of aliphatic carboxylic acids is 1. The van der Waals surface area contributed by atoms with Crippen LogP contribution in [0.2, 0.25) is 0 Å². The van der Waals surface area contributed by atoms with Gasteiger partial charge in [-0.25, -0.2) is 8.42 Å². The van der Waals surface area contributed by atoms with Crippen LogP contribution >= 0.6 is 0 Å². The highest BCUT2D eigenvalue weighted by molar-refractivity contribution is 7.89. The number of hydrogen-bond donors (Lipinski definition) is 1. The van der Waals surface area contributed by atoms with Gasteiger partial charge in [0, 0.05) is 18.8 Å². The number of rotatable bonds is 7. The zero-order valence-corrected chi connectivity index (χ0v) is 12.1. The fourth-order valence-electron chi connectivity index (χ4n) is 1.76. The fraction of sp³-hybridized carbons (Fsp3) is 0.636. The van der Waals surface area contributed by atoms with E-state index < -0.39 is 16.0 Å². The van der Waals surface area contributed by atoms with Crippen LogP contribution in [0.15, 0.2) is 17.3 Å². The Morgan fingerprint density at radius 1 is 1.53 bits per heavy atom. The van der Waals surface area contributed by atoms with Crippen molar-refractivity contribution in [2.45, 2.75) is 44.7 Å². The Balaban J connectivity index is 3.05. The molecule has 0 aromatic carbocycles. The van der Waals surface area contributed by atoms with Gasteiger partial charge in [-0.3, -0.25) is 9.48 Å². The van der Waals surface area contributed by atoms with E-state index >= 15 is 0 Å². The summed E-state index contributed by atoms with van der Waals surface area (Å²) in [5.74, 6) is -1.07. The van der Waals surface area contributed by atoms with Crippen LogP contribution in [0.5, 0.6) is 0 Å². The van der Waals surface area contributed by atoms with E-state index in [1.807, 2.05) is 13.8 Å². The summed E-state index contributed by atoms with van der Waals surface area (Å²) in [4.78, 5) is 10.6. The minimum atomic E-state index is -3.62. The van der Waals surface area contributed by atoms with Gasteiger partial charge in [-0.2, -0.15) is 9.40 Å². The molecule has 108 valence electrons. The topological polar surface area (TPSA) is 92.5 Å². The van der Waals surface area contributed by atoms with Crippen LogP contribution in [-0.2, 0) is 21.4 Å². The van der Waals surface area contributed by atoms with Crippen LogP contribution in [0.4, 0.5) is 0 Å². The number of carbonyl (C=O) groups is 1. The van der Waals surface area contributed by atoms with Crippen molar-refractivity contribution in [1.29, 1.82) is 0 Å². The summed E-state index contributed by atoms with van der Waals surface area (Å²) in [6, 6.07) is -0.113. The van der Waals surface area contributed by atoms with Crippen molar-refractivity contribution in [2.24, 2.45) is 0 Å². The Labute approximate surface area is 112 Å². The second kappa shape index (κ2) is 6.16. The summed E-state index contributed by atoms with van der Waals surface area (Å²) in [6.45, 7) is 5.53. The van der Waals surface area contributed by atoms with Crippen molar-refractivity contribution in [2.75, 3.05) is 6.54 Å². The van der Waals surface area contributed by atoms with Gasteiger partial charge in [0.05, 0.1) is 6.20 Å². The van der Waals surface area contributed by atoms with Crippen molar-refractivity contribution < 1.29 is 18.3 Å². The Hall–Kier alpha value is -1.41. The van der Waals surface area contributed by atoms with E-state index in [0.29, 0.717) is 13.0 Å². The Kier molecular flexibility index (Phi) is 5.07. The predicted octanol–water partition coefficient (Wildman–Crippen LogP) is 0.777. The average Bonchev–Trinajstić information content (AvgIpc) is 2.77. The third-order valence-electron chi connectivity index (χ3n) is 2.91. The highest BCUT2D eigenvalue weighted by Gasteiger charge is 2.28. The lowest BCUT2D eigenvalue weighted by Gasteiger charge is -2.25. The van der Waals surface area contributed by atoms with Crippen molar-refractivity contribution >= 4 is 16.0 Å². The molecule has 0 saturated carbocycles. The molecule has 0 aliphatic carbocycles. The number of carboxylic acids is 1. The molecule has 0 saturated heterocycles. The summed E-state index contributed by atoms with van der Waals surface area (Å²) in [5, 5.41) is 12.4. The third-order valence-corrected chi connectivity index (χ3v) is 4.95. The van der Waals surface area contributed by atoms with E-state index in [4.69, 9.17) is 5.11 Å². The standard InChI is InChI=1S/C11H19N3O4S/c1-4-9(3)14(5-2)19(17,18)10-6-12-13(7-10)8-11(15)16/h6-7,9H,4-5,8H2,1-3H3,(H,15,16). The molecule has 0 bridgehead atoms. The van der Waals surface area contributed by atoms with E-state index in [-0.39, 0.29) is 17.5 Å². The first-order valence-electron chi connectivity index (χ1n) is 6.09. The summed E-state index contributed by atoms with van der Waals surface area (Å²) in [6.07, 6.45) is 3.13. The predicted molar refractivity (Wildman–Crippen MR) is 69.2 cm³/mol. The molecule has 0 aliphatic heterocycles. The van der Waals surface area contributed by atoms with Crippen LogP contribution < -0.4 is 0 Å². The Morgan fingerprint density at radius 3 is 2.63 bits per heavy atom. The van der Waals surface area contributed by atoms with Crippen LogP contribution in [-0.4, -0.2) is 46.2 Å². The number of sulfonamides is 1. The Morgan fingerprint density at radius 2 is 2.16 bits per heavy atom. The quantitative estimate of drug-likeness (QED) is 0.800. The zero-order chi connectivity index (χ0) is 14.6.